The first kappa shape index (κ1) is 17.1. The maximum absolute atomic E-state index is 13.0. The molecule has 0 radical (unpaired) electrons. The van der Waals surface area contributed by atoms with E-state index >= 15 is 0 Å². The van der Waals surface area contributed by atoms with Gasteiger partial charge in [-0.2, -0.15) is 13.2 Å². The number of benzene rings is 1. The first-order valence-electron chi connectivity index (χ1n) is 8.52. The fourth-order valence-electron chi connectivity index (χ4n) is 4.74. The zero-order chi connectivity index (χ0) is 18.8. The summed E-state index contributed by atoms with van der Waals surface area (Å²) in [6.45, 7) is 1.86. The van der Waals surface area contributed by atoms with E-state index in [2.05, 4.69) is 0 Å². The van der Waals surface area contributed by atoms with Crippen LogP contribution in [-0.2, 0) is 20.6 Å². The topological polar surface area (TPSA) is 57.7 Å². The number of carbonyl (C=O) groups excluding carboxylic acids is 3. The number of hydrogen-bond donors (Lipinski definition) is 0. The lowest BCUT2D eigenvalue weighted by Crippen LogP contribution is -2.59. The van der Waals surface area contributed by atoms with E-state index in [1.54, 1.807) is 4.90 Å². The van der Waals surface area contributed by atoms with Crippen molar-refractivity contribution in [3.8, 4) is 0 Å². The maximum Gasteiger partial charge on any atom is 0.416 e. The minimum Gasteiger partial charge on any atom is -0.339 e. The minimum atomic E-state index is -4.56. The number of piperidine rings is 2. The summed E-state index contributed by atoms with van der Waals surface area (Å²) in [5.74, 6) is -2.42. The Bertz CT molecular complexity index is 807. The van der Waals surface area contributed by atoms with Crippen LogP contribution < -0.4 is 4.90 Å². The molecule has 0 N–H and O–H groups in total. The molecule has 5 rings (SSSR count). The van der Waals surface area contributed by atoms with Gasteiger partial charge >= 0.3 is 6.18 Å². The summed E-state index contributed by atoms with van der Waals surface area (Å²) in [5, 5.41) is 0. The van der Waals surface area contributed by atoms with Crippen molar-refractivity contribution in [2.75, 3.05) is 11.4 Å². The molecule has 2 bridgehead atoms. The number of fused-ring (bicyclic) bond motifs is 2. The van der Waals surface area contributed by atoms with Crippen LogP contribution in [0.4, 0.5) is 18.9 Å². The Labute approximate surface area is 147 Å². The molecule has 4 fully saturated rings. The normalized spacial score (nSPS) is 30.8. The Hall–Kier alpha value is -2.38. The van der Waals surface area contributed by atoms with E-state index in [9.17, 15) is 27.6 Å². The van der Waals surface area contributed by atoms with Gasteiger partial charge in [-0.15, -0.1) is 0 Å². The highest BCUT2D eigenvalue weighted by Gasteiger charge is 2.61. The number of alkyl halides is 3. The second-order valence-corrected chi connectivity index (χ2v) is 7.19. The summed E-state index contributed by atoms with van der Waals surface area (Å²) >= 11 is 0. The third-order valence-corrected chi connectivity index (χ3v) is 5.82. The number of imide groups is 1. The molecule has 3 saturated heterocycles. The number of halogens is 3. The molecule has 1 aromatic carbocycles. The highest BCUT2D eigenvalue weighted by Crippen LogP contribution is 2.49. The second kappa shape index (κ2) is 5.56. The summed E-state index contributed by atoms with van der Waals surface area (Å²) < 4.78 is 39.0. The van der Waals surface area contributed by atoms with Gasteiger partial charge in [-0.25, -0.2) is 4.90 Å². The molecule has 4 atom stereocenters. The molecule has 1 aromatic rings. The van der Waals surface area contributed by atoms with Crippen molar-refractivity contribution in [3.05, 3.63) is 29.8 Å². The third kappa shape index (κ3) is 2.34. The smallest absolute Gasteiger partial charge is 0.339 e. The molecule has 1 saturated carbocycles. The molecule has 3 heterocycles. The average Bonchev–Trinajstić information content (AvgIpc) is 2.87. The van der Waals surface area contributed by atoms with Gasteiger partial charge in [-0.3, -0.25) is 14.4 Å². The summed E-state index contributed by atoms with van der Waals surface area (Å²) in [6, 6.07) is 3.92. The van der Waals surface area contributed by atoms with Crippen LogP contribution in [-0.4, -0.2) is 35.2 Å². The molecule has 0 unspecified atom stereocenters. The molecule has 3 amide bonds. The Morgan fingerprint density at radius 2 is 1.81 bits per heavy atom. The molecule has 4 aliphatic rings. The van der Waals surface area contributed by atoms with Crippen LogP contribution >= 0.6 is 0 Å². The zero-order valence-corrected chi connectivity index (χ0v) is 14.0. The van der Waals surface area contributed by atoms with Gasteiger partial charge in [-0.05, 0) is 37.0 Å². The van der Waals surface area contributed by atoms with Crippen LogP contribution in [0.25, 0.3) is 0 Å². The van der Waals surface area contributed by atoms with Gasteiger partial charge in [0.1, 0.15) is 0 Å². The molecule has 26 heavy (non-hydrogen) atoms. The number of rotatable bonds is 1. The highest BCUT2D eigenvalue weighted by molar-refractivity contribution is 6.22. The van der Waals surface area contributed by atoms with Crippen LogP contribution in [0.1, 0.15) is 25.3 Å². The standard InChI is InChI=1S/C18H17F3N2O3/c1-9(24)22-8-10-5-6-13(22)15-14(10)16(25)23(17(15)26)12-4-2-3-11(7-12)18(19,20)21/h2-4,7,10,13-15H,5-6,8H2,1H3/t10-,13-,14+,15-/m0/s1. The highest BCUT2D eigenvalue weighted by atomic mass is 19.4. The van der Waals surface area contributed by atoms with Crippen LogP contribution in [0.3, 0.4) is 0 Å². The van der Waals surface area contributed by atoms with E-state index in [4.69, 9.17) is 0 Å². The maximum atomic E-state index is 13.0. The quantitative estimate of drug-likeness (QED) is 0.718. The lowest BCUT2D eigenvalue weighted by atomic mass is 9.66. The molecule has 0 aromatic heterocycles. The van der Waals surface area contributed by atoms with E-state index in [-0.39, 0.29) is 23.6 Å². The van der Waals surface area contributed by atoms with Gasteiger partial charge in [0.2, 0.25) is 17.7 Å². The second-order valence-electron chi connectivity index (χ2n) is 7.19. The van der Waals surface area contributed by atoms with Crippen molar-refractivity contribution in [1.82, 2.24) is 4.90 Å². The molecule has 0 spiro atoms. The van der Waals surface area contributed by atoms with Crippen molar-refractivity contribution in [2.45, 2.75) is 32.0 Å². The lowest BCUT2D eigenvalue weighted by Gasteiger charge is -2.49. The summed E-state index contributed by atoms with van der Waals surface area (Å²) in [5.41, 5.74) is -0.961. The molecule has 3 aliphatic heterocycles. The Kier molecular flexibility index (Phi) is 3.65. The van der Waals surface area contributed by atoms with Crippen molar-refractivity contribution < 1.29 is 27.6 Å². The van der Waals surface area contributed by atoms with Crippen molar-refractivity contribution in [1.29, 1.82) is 0 Å². The fraction of sp³-hybridized carbons (Fsp3) is 0.500. The van der Waals surface area contributed by atoms with Gasteiger partial charge in [0.05, 0.1) is 23.1 Å². The van der Waals surface area contributed by atoms with Gasteiger partial charge in [0, 0.05) is 19.5 Å². The van der Waals surface area contributed by atoms with Gasteiger partial charge in [-0.1, -0.05) is 6.07 Å². The van der Waals surface area contributed by atoms with Gasteiger partial charge in [0.25, 0.3) is 0 Å². The predicted octanol–water partition coefficient (Wildman–Crippen LogP) is 2.45. The number of carbonyl (C=O) groups is 3. The largest absolute Gasteiger partial charge is 0.416 e. The summed E-state index contributed by atoms with van der Waals surface area (Å²) in [4.78, 5) is 40.2. The SMILES string of the molecule is CC(=O)N1C[C@@H]2CC[C@H]1[C@@H]1C(=O)N(c3cccc(C(F)(F)F)c3)C(=O)[C@H]21. The number of nitrogens with zero attached hydrogens (tertiary/aromatic N) is 2. The number of hydrogen-bond acceptors (Lipinski definition) is 3. The van der Waals surface area contributed by atoms with Crippen molar-refractivity contribution in [3.63, 3.8) is 0 Å². The van der Waals surface area contributed by atoms with Gasteiger partial charge in [0.15, 0.2) is 0 Å². The molecule has 5 nitrogen and oxygen atoms in total. The Morgan fingerprint density at radius 3 is 2.46 bits per heavy atom. The van der Waals surface area contributed by atoms with Crippen LogP contribution in [0, 0.1) is 17.8 Å². The lowest BCUT2D eigenvalue weighted by molar-refractivity contribution is -0.148. The molecular formula is C18H17F3N2O3. The summed E-state index contributed by atoms with van der Waals surface area (Å²) in [6.07, 6.45) is -3.18. The van der Waals surface area contributed by atoms with E-state index < -0.39 is 35.4 Å². The first-order valence-corrected chi connectivity index (χ1v) is 8.52. The monoisotopic (exact) mass is 366 g/mol. The van der Waals surface area contributed by atoms with Crippen molar-refractivity contribution >= 4 is 23.4 Å². The Morgan fingerprint density at radius 1 is 1.12 bits per heavy atom. The minimum absolute atomic E-state index is 0.0574. The van der Waals surface area contributed by atoms with Crippen LogP contribution in [0.2, 0.25) is 0 Å². The average molecular weight is 366 g/mol. The third-order valence-electron chi connectivity index (χ3n) is 5.82. The zero-order valence-electron chi connectivity index (χ0n) is 14.0. The van der Waals surface area contributed by atoms with E-state index in [0.29, 0.717) is 13.0 Å². The van der Waals surface area contributed by atoms with Crippen molar-refractivity contribution in [2.24, 2.45) is 17.8 Å². The van der Waals surface area contributed by atoms with E-state index in [0.717, 1.165) is 23.5 Å². The number of amides is 3. The van der Waals surface area contributed by atoms with Gasteiger partial charge < -0.3 is 4.90 Å². The van der Waals surface area contributed by atoms with Crippen LogP contribution in [0.5, 0.6) is 0 Å². The van der Waals surface area contributed by atoms with E-state index in [1.165, 1.54) is 19.1 Å². The molecule has 138 valence electrons. The Balaban J connectivity index is 1.72. The first-order chi connectivity index (χ1) is 12.2. The summed E-state index contributed by atoms with van der Waals surface area (Å²) in [7, 11) is 0. The van der Waals surface area contributed by atoms with Crippen LogP contribution in [0.15, 0.2) is 24.3 Å². The fourth-order valence-corrected chi connectivity index (χ4v) is 4.74. The molecular weight excluding hydrogens is 349 g/mol. The predicted molar refractivity (Wildman–Crippen MR) is 84.8 cm³/mol. The van der Waals surface area contributed by atoms with E-state index in [1.807, 2.05) is 0 Å². The molecule has 8 heteroatoms. The molecule has 1 aliphatic carbocycles. The number of anilines is 1.